The van der Waals surface area contributed by atoms with Gasteiger partial charge in [0.1, 0.15) is 5.82 Å². The molecular weight excluding hydrogens is 346 g/mol. The monoisotopic (exact) mass is 370 g/mol. The Labute approximate surface area is 150 Å². The zero-order valence-electron chi connectivity index (χ0n) is 14.8. The van der Waals surface area contributed by atoms with Crippen molar-refractivity contribution in [1.82, 2.24) is 25.5 Å². The van der Waals surface area contributed by atoms with Gasteiger partial charge in [-0.3, -0.25) is 10.1 Å². The maximum absolute atomic E-state index is 11.9. The van der Waals surface area contributed by atoms with E-state index in [9.17, 15) is 8.78 Å². The molecule has 0 amide bonds. The number of rotatable bonds is 5. The first-order chi connectivity index (χ1) is 12.6. The summed E-state index contributed by atoms with van der Waals surface area (Å²) in [6, 6.07) is 2.05. The van der Waals surface area contributed by atoms with Crippen LogP contribution in [0.5, 0.6) is 11.8 Å². The summed E-state index contributed by atoms with van der Waals surface area (Å²) in [5.74, 6) is 0.821. The molecule has 1 unspecified atom stereocenters. The van der Waals surface area contributed by atoms with Crippen molar-refractivity contribution in [3.63, 3.8) is 0 Å². The van der Waals surface area contributed by atoms with Crippen LogP contribution in [0.25, 0.3) is 0 Å². The molecule has 3 rings (SSSR count). The van der Waals surface area contributed by atoms with Gasteiger partial charge in [0, 0.05) is 12.1 Å². The molecule has 0 bridgehead atoms. The van der Waals surface area contributed by atoms with E-state index in [0.717, 1.165) is 6.04 Å². The summed E-state index contributed by atoms with van der Waals surface area (Å²) in [6.07, 6.45) is 8.48. The second kappa shape index (κ2) is 10.5. The third kappa shape index (κ3) is 7.18. The zero-order valence-corrected chi connectivity index (χ0v) is 14.8. The number of aromatic amines is 1. The quantitative estimate of drug-likeness (QED) is 0.744. The van der Waals surface area contributed by atoms with Gasteiger partial charge in [0.25, 0.3) is 0 Å². The Kier molecular flexibility index (Phi) is 8.00. The molecule has 0 saturated carbocycles. The Bertz CT molecular complexity index is 647. The molecule has 0 aliphatic carbocycles. The number of methoxy groups -OCH3 is 1. The van der Waals surface area contributed by atoms with Gasteiger partial charge in [-0.15, -0.1) is 5.10 Å². The highest BCUT2D eigenvalue weighted by molar-refractivity contribution is 5.51. The molecule has 3 N–H and O–H groups in total. The number of hydrogen-bond acceptors (Lipinski definition) is 7. The summed E-state index contributed by atoms with van der Waals surface area (Å²) in [6.45, 7) is 0.588. The van der Waals surface area contributed by atoms with Crippen LogP contribution in [0.15, 0.2) is 18.5 Å². The van der Waals surface area contributed by atoms with Crippen LogP contribution < -0.4 is 20.1 Å². The molecule has 1 atom stereocenters. The van der Waals surface area contributed by atoms with Crippen LogP contribution in [0.1, 0.15) is 32.6 Å². The summed E-state index contributed by atoms with van der Waals surface area (Å²) in [4.78, 5) is 7.90. The van der Waals surface area contributed by atoms with Gasteiger partial charge in [-0.2, -0.15) is 13.8 Å². The summed E-state index contributed by atoms with van der Waals surface area (Å²) >= 11 is 0. The van der Waals surface area contributed by atoms with E-state index >= 15 is 0 Å². The zero-order chi connectivity index (χ0) is 18.8. The molecule has 144 valence electrons. The van der Waals surface area contributed by atoms with Gasteiger partial charge in [-0.05, 0) is 26.3 Å². The third-order valence-electron chi connectivity index (χ3n) is 3.66. The van der Waals surface area contributed by atoms with Crippen LogP contribution >= 0.6 is 0 Å². The number of alkyl halides is 2. The van der Waals surface area contributed by atoms with E-state index in [0.29, 0.717) is 17.5 Å². The Morgan fingerprint density at radius 3 is 2.85 bits per heavy atom. The highest BCUT2D eigenvalue weighted by Crippen LogP contribution is 2.18. The van der Waals surface area contributed by atoms with Crippen molar-refractivity contribution in [3.05, 3.63) is 18.5 Å². The lowest BCUT2D eigenvalue weighted by atomic mass is 10.1. The molecule has 8 nitrogen and oxygen atoms in total. The predicted molar refractivity (Wildman–Crippen MR) is 93.0 cm³/mol. The van der Waals surface area contributed by atoms with Crippen LogP contribution in [-0.2, 0) is 0 Å². The molecule has 0 aromatic carbocycles. The van der Waals surface area contributed by atoms with Gasteiger partial charge in [0.2, 0.25) is 11.8 Å². The van der Waals surface area contributed by atoms with Gasteiger partial charge in [-0.25, -0.2) is 0 Å². The number of nitrogens with zero attached hydrogens (tertiary/aromatic N) is 3. The third-order valence-corrected chi connectivity index (χ3v) is 3.66. The molecule has 1 aliphatic rings. The molecule has 1 saturated heterocycles. The topological polar surface area (TPSA) is 97.0 Å². The summed E-state index contributed by atoms with van der Waals surface area (Å²) in [5.41, 5.74) is 0. The SMILES string of the molecule is CC1CCCCCN1.COc1cncc(Nc2cc(OC(F)F)n[nH]2)n1. The molecule has 1 aliphatic heterocycles. The molecule has 3 heterocycles. The first-order valence-electron chi connectivity index (χ1n) is 8.43. The van der Waals surface area contributed by atoms with Crippen molar-refractivity contribution < 1.29 is 18.3 Å². The van der Waals surface area contributed by atoms with Gasteiger partial charge in [-0.1, -0.05) is 12.8 Å². The van der Waals surface area contributed by atoms with Crippen LogP contribution in [0.3, 0.4) is 0 Å². The minimum absolute atomic E-state index is 0.219. The lowest BCUT2D eigenvalue weighted by molar-refractivity contribution is -0.0528. The normalized spacial score (nSPS) is 17.0. The maximum atomic E-state index is 11.9. The Balaban J connectivity index is 0.000000254. The van der Waals surface area contributed by atoms with E-state index in [1.54, 1.807) is 0 Å². The van der Waals surface area contributed by atoms with Crippen molar-refractivity contribution in [2.45, 2.75) is 45.3 Å². The van der Waals surface area contributed by atoms with Crippen LogP contribution in [0, 0.1) is 0 Å². The molecule has 1 fully saturated rings. The number of H-pyrrole nitrogens is 1. The fourth-order valence-corrected chi connectivity index (χ4v) is 2.37. The number of hydrogen-bond donors (Lipinski definition) is 3. The van der Waals surface area contributed by atoms with Crippen molar-refractivity contribution in [2.75, 3.05) is 19.0 Å². The molecule has 2 aromatic heterocycles. The van der Waals surface area contributed by atoms with Gasteiger partial charge >= 0.3 is 6.61 Å². The largest absolute Gasteiger partial charge is 0.480 e. The highest BCUT2D eigenvalue weighted by atomic mass is 19.3. The van der Waals surface area contributed by atoms with E-state index < -0.39 is 6.61 Å². The minimum Gasteiger partial charge on any atom is -0.480 e. The van der Waals surface area contributed by atoms with Gasteiger partial charge in [0.05, 0.1) is 19.5 Å². The van der Waals surface area contributed by atoms with E-state index in [4.69, 9.17) is 4.74 Å². The van der Waals surface area contributed by atoms with Gasteiger partial charge in [0.15, 0.2) is 5.82 Å². The number of halogens is 2. The summed E-state index contributed by atoms with van der Waals surface area (Å²) in [7, 11) is 1.46. The molecule has 10 heteroatoms. The average molecular weight is 370 g/mol. The number of ether oxygens (including phenoxy) is 2. The standard InChI is InChI=1S/C9H9F2N5O2.C7H15N/c1-17-8-4-12-3-6(14-8)13-5-2-7(16-15-5)18-9(10)11;1-7-5-3-2-4-6-8-7/h2-4,9H,1H3,(H2,13,14,15,16);7-8H,2-6H2,1H3. The smallest absolute Gasteiger partial charge is 0.388 e. The van der Waals surface area contributed by atoms with E-state index in [-0.39, 0.29) is 5.88 Å². The Morgan fingerprint density at radius 1 is 1.23 bits per heavy atom. The van der Waals surface area contributed by atoms with E-state index in [1.165, 1.54) is 57.8 Å². The number of aromatic nitrogens is 4. The second-order valence-corrected chi connectivity index (χ2v) is 5.77. The lowest BCUT2D eigenvalue weighted by Crippen LogP contribution is -2.24. The summed E-state index contributed by atoms with van der Waals surface area (Å²) < 4.78 is 32.8. The van der Waals surface area contributed by atoms with Gasteiger partial charge < -0.3 is 20.1 Å². The van der Waals surface area contributed by atoms with Crippen molar-refractivity contribution in [3.8, 4) is 11.8 Å². The maximum Gasteiger partial charge on any atom is 0.388 e. The Morgan fingerprint density at radius 2 is 2.08 bits per heavy atom. The van der Waals surface area contributed by atoms with Crippen LogP contribution in [0.4, 0.5) is 20.4 Å². The number of nitrogens with one attached hydrogen (secondary N) is 3. The number of anilines is 2. The van der Waals surface area contributed by atoms with Crippen LogP contribution in [-0.4, -0.2) is 46.5 Å². The fraction of sp³-hybridized carbons (Fsp3) is 0.562. The molecule has 0 radical (unpaired) electrons. The summed E-state index contributed by atoms with van der Waals surface area (Å²) in [5, 5.41) is 12.2. The predicted octanol–water partition coefficient (Wildman–Crippen LogP) is 3.09. The molecule has 26 heavy (non-hydrogen) atoms. The fourth-order valence-electron chi connectivity index (χ4n) is 2.37. The lowest BCUT2D eigenvalue weighted by Gasteiger charge is -2.06. The first kappa shape index (κ1) is 19.8. The van der Waals surface area contributed by atoms with E-state index in [1.807, 2.05) is 0 Å². The highest BCUT2D eigenvalue weighted by Gasteiger charge is 2.09. The molecule has 2 aromatic rings. The van der Waals surface area contributed by atoms with Crippen LogP contribution in [0.2, 0.25) is 0 Å². The average Bonchev–Trinajstić information content (AvgIpc) is 2.89. The molecule has 0 spiro atoms. The van der Waals surface area contributed by atoms with Crippen molar-refractivity contribution in [2.24, 2.45) is 0 Å². The van der Waals surface area contributed by atoms with Crippen molar-refractivity contribution in [1.29, 1.82) is 0 Å². The minimum atomic E-state index is -2.92. The Hall–Kier alpha value is -2.49. The second-order valence-electron chi connectivity index (χ2n) is 5.77. The van der Waals surface area contributed by atoms with Crippen molar-refractivity contribution >= 4 is 11.6 Å². The first-order valence-corrected chi connectivity index (χ1v) is 8.43. The van der Waals surface area contributed by atoms with E-state index in [2.05, 4.69) is 42.5 Å². The molecular formula is C16H24F2N6O2.